The fraction of sp³-hybridized carbons (Fsp3) is 0.231. The Balaban J connectivity index is 2.29. The first-order valence-corrected chi connectivity index (χ1v) is 5.64. The molecule has 1 aromatic heterocycles. The Morgan fingerprint density at radius 1 is 1.44 bits per heavy atom. The third-order valence-corrected chi connectivity index (χ3v) is 2.71. The summed E-state index contributed by atoms with van der Waals surface area (Å²) in [5.74, 6) is 0.353. The number of nitrogens with zero attached hydrogens (tertiary/aromatic N) is 3. The average Bonchev–Trinajstić information content (AvgIpc) is 2.80. The Kier molecular flexibility index (Phi) is 3.70. The van der Waals surface area contributed by atoms with E-state index in [0.29, 0.717) is 25.1 Å². The van der Waals surface area contributed by atoms with Gasteiger partial charge in [0, 0.05) is 24.4 Å². The molecule has 92 valence electrons. The Morgan fingerprint density at radius 3 is 3.00 bits per heavy atom. The van der Waals surface area contributed by atoms with Crippen LogP contribution >= 0.6 is 0 Å². The minimum absolute atomic E-state index is 0.0630. The Hall–Kier alpha value is -2.19. The summed E-state index contributed by atoms with van der Waals surface area (Å²) >= 11 is 0. The summed E-state index contributed by atoms with van der Waals surface area (Å²) in [6.07, 6.45) is 4.09. The lowest BCUT2D eigenvalue weighted by Gasteiger charge is -2.08. The van der Waals surface area contributed by atoms with Crippen molar-refractivity contribution < 1.29 is 4.39 Å². The van der Waals surface area contributed by atoms with Crippen LogP contribution in [0.4, 0.5) is 4.39 Å². The van der Waals surface area contributed by atoms with Gasteiger partial charge in [-0.3, -0.25) is 0 Å². The van der Waals surface area contributed by atoms with Gasteiger partial charge in [-0.25, -0.2) is 9.37 Å². The molecule has 2 aromatic rings. The number of nitriles is 1. The van der Waals surface area contributed by atoms with Crippen LogP contribution in [0.1, 0.15) is 17.0 Å². The van der Waals surface area contributed by atoms with E-state index in [2.05, 4.69) is 4.98 Å². The van der Waals surface area contributed by atoms with Crippen LogP contribution in [-0.4, -0.2) is 16.1 Å². The van der Waals surface area contributed by atoms with Crippen molar-refractivity contribution in [3.8, 4) is 6.07 Å². The zero-order valence-electron chi connectivity index (χ0n) is 9.81. The van der Waals surface area contributed by atoms with Gasteiger partial charge in [-0.05, 0) is 12.6 Å². The van der Waals surface area contributed by atoms with E-state index in [0.717, 1.165) is 5.82 Å². The fourth-order valence-corrected chi connectivity index (χ4v) is 1.81. The molecule has 0 spiro atoms. The molecule has 0 saturated heterocycles. The van der Waals surface area contributed by atoms with Gasteiger partial charge in [-0.15, -0.1) is 0 Å². The molecule has 0 bridgehead atoms. The van der Waals surface area contributed by atoms with Crippen LogP contribution in [0.3, 0.4) is 0 Å². The van der Waals surface area contributed by atoms with E-state index >= 15 is 0 Å². The molecule has 1 heterocycles. The summed E-state index contributed by atoms with van der Waals surface area (Å²) in [4.78, 5) is 4.17. The maximum absolute atomic E-state index is 13.9. The minimum Gasteiger partial charge on any atom is -0.330 e. The number of nitrogens with two attached hydrogens (primary N) is 1. The van der Waals surface area contributed by atoms with Gasteiger partial charge in [0.15, 0.2) is 0 Å². The van der Waals surface area contributed by atoms with E-state index in [4.69, 9.17) is 11.0 Å². The lowest BCUT2D eigenvalue weighted by molar-refractivity contribution is 0.590. The summed E-state index contributed by atoms with van der Waals surface area (Å²) in [5, 5.41) is 8.78. The van der Waals surface area contributed by atoms with E-state index < -0.39 is 5.82 Å². The molecule has 0 amide bonds. The van der Waals surface area contributed by atoms with Crippen LogP contribution in [-0.2, 0) is 13.0 Å². The molecule has 5 heteroatoms. The number of hydrogen-bond donors (Lipinski definition) is 1. The summed E-state index contributed by atoms with van der Waals surface area (Å²) in [6.45, 7) is 0.856. The summed E-state index contributed by atoms with van der Waals surface area (Å²) < 4.78 is 15.7. The molecule has 0 radical (unpaired) electrons. The van der Waals surface area contributed by atoms with Crippen molar-refractivity contribution in [2.75, 3.05) is 6.54 Å². The second-order valence-corrected chi connectivity index (χ2v) is 3.90. The molecule has 1 aromatic carbocycles. The zero-order valence-corrected chi connectivity index (χ0v) is 9.81. The quantitative estimate of drug-likeness (QED) is 0.885. The topological polar surface area (TPSA) is 67.6 Å². The molecular formula is C13H13FN4. The third kappa shape index (κ3) is 2.39. The van der Waals surface area contributed by atoms with Gasteiger partial charge < -0.3 is 10.3 Å². The van der Waals surface area contributed by atoms with E-state index in [-0.39, 0.29) is 5.56 Å². The van der Waals surface area contributed by atoms with Crippen molar-refractivity contribution in [1.82, 2.24) is 9.55 Å². The Labute approximate surface area is 104 Å². The smallest absolute Gasteiger partial charge is 0.145 e. The number of halogens is 1. The molecule has 0 atom stereocenters. The zero-order chi connectivity index (χ0) is 13.0. The SMILES string of the molecule is N#Cc1cccc(Cn2ccnc2CCN)c1F. The molecule has 4 nitrogen and oxygen atoms in total. The largest absolute Gasteiger partial charge is 0.330 e. The van der Waals surface area contributed by atoms with Crippen LogP contribution in [0.25, 0.3) is 0 Å². The molecule has 18 heavy (non-hydrogen) atoms. The predicted octanol–water partition coefficient (Wildman–Crippen LogP) is 1.44. The normalized spacial score (nSPS) is 10.3. The van der Waals surface area contributed by atoms with Gasteiger partial charge in [0.05, 0.1) is 12.1 Å². The first-order valence-electron chi connectivity index (χ1n) is 5.64. The van der Waals surface area contributed by atoms with Crippen LogP contribution in [0.15, 0.2) is 30.6 Å². The third-order valence-electron chi connectivity index (χ3n) is 2.71. The van der Waals surface area contributed by atoms with Gasteiger partial charge in [-0.1, -0.05) is 12.1 Å². The second-order valence-electron chi connectivity index (χ2n) is 3.90. The highest BCUT2D eigenvalue weighted by atomic mass is 19.1. The van der Waals surface area contributed by atoms with Gasteiger partial charge in [0.25, 0.3) is 0 Å². The minimum atomic E-state index is -0.465. The number of rotatable bonds is 4. The van der Waals surface area contributed by atoms with Crippen molar-refractivity contribution in [3.05, 3.63) is 53.4 Å². The van der Waals surface area contributed by atoms with Crippen LogP contribution in [0.5, 0.6) is 0 Å². The maximum Gasteiger partial charge on any atom is 0.145 e. The van der Waals surface area contributed by atoms with E-state index in [9.17, 15) is 4.39 Å². The maximum atomic E-state index is 13.9. The highest BCUT2D eigenvalue weighted by molar-refractivity contribution is 5.35. The first-order chi connectivity index (χ1) is 8.76. The van der Waals surface area contributed by atoms with Gasteiger partial charge >= 0.3 is 0 Å². The molecule has 0 saturated carbocycles. The van der Waals surface area contributed by atoms with Crippen molar-refractivity contribution in [1.29, 1.82) is 5.26 Å². The van der Waals surface area contributed by atoms with Gasteiger partial charge in [0.2, 0.25) is 0 Å². The van der Waals surface area contributed by atoms with Gasteiger partial charge in [-0.2, -0.15) is 5.26 Å². The van der Waals surface area contributed by atoms with Crippen molar-refractivity contribution in [3.63, 3.8) is 0 Å². The number of aromatic nitrogens is 2. The van der Waals surface area contributed by atoms with Gasteiger partial charge in [0.1, 0.15) is 17.7 Å². The number of imidazole rings is 1. The van der Waals surface area contributed by atoms with E-state index in [1.165, 1.54) is 6.07 Å². The van der Waals surface area contributed by atoms with Crippen molar-refractivity contribution >= 4 is 0 Å². The highest BCUT2D eigenvalue weighted by Crippen LogP contribution is 2.14. The average molecular weight is 244 g/mol. The molecule has 0 aliphatic carbocycles. The second kappa shape index (κ2) is 5.43. The number of hydrogen-bond acceptors (Lipinski definition) is 3. The fourth-order valence-electron chi connectivity index (χ4n) is 1.81. The van der Waals surface area contributed by atoms with E-state index in [1.54, 1.807) is 24.5 Å². The summed E-state index contributed by atoms with van der Waals surface area (Å²) in [5.41, 5.74) is 6.03. The number of benzene rings is 1. The molecule has 0 aliphatic rings. The Morgan fingerprint density at radius 2 is 2.28 bits per heavy atom. The van der Waals surface area contributed by atoms with Crippen molar-refractivity contribution in [2.24, 2.45) is 5.73 Å². The molecular weight excluding hydrogens is 231 g/mol. The summed E-state index contributed by atoms with van der Waals surface area (Å²) in [6, 6.07) is 6.65. The predicted molar refractivity (Wildman–Crippen MR) is 65.2 cm³/mol. The lowest BCUT2D eigenvalue weighted by atomic mass is 10.1. The molecule has 0 unspecified atom stereocenters. The highest BCUT2D eigenvalue weighted by Gasteiger charge is 2.09. The van der Waals surface area contributed by atoms with Crippen LogP contribution < -0.4 is 5.73 Å². The lowest BCUT2D eigenvalue weighted by Crippen LogP contribution is -2.11. The summed E-state index contributed by atoms with van der Waals surface area (Å²) in [7, 11) is 0. The van der Waals surface area contributed by atoms with Crippen molar-refractivity contribution in [2.45, 2.75) is 13.0 Å². The molecule has 2 rings (SSSR count). The molecule has 0 fully saturated rings. The standard InChI is InChI=1S/C13H13FN4/c14-13-10(8-16)2-1-3-11(13)9-18-7-6-17-12(18)4-5-15/h1-3,6-7H,4-5,9,15H2. The molecule has 0 aliphatic heterocycles. The van der Waals surface area contributed by atoms with Crippen LogP contribution in [0, 0.1) is 17.1 Å². The van der Waals surface area contributed by atoms with Crippen LogP contribution in [0.2, 0.25) is 0 Å². The Bertz CT molecular complexity index is 583. The van der Waals surface area contributed by atoms with E-state index in [1.807, 2.05) is 10.6 Å². The first kappa shape index (κ1) is 12.3. The molecule has 2 N–H and O–H groups in total. The monoisotopic (exact) mass is 244 g/mol.